The standard InChI is InChI=1S/C17H23N3/c1-2-11-20-12-7-6-10-16(20)17-18-13-15(19-17)14-8-4-3-5-9-14/h3-5,8-9,13,16H,2,6-7,10-12H2,1H3,(H,18,19). The van der Waals surface area contributed by atoms with E-state index in [0.29, 0.717) is 6.04 Å². The van der Waals surface area contributed by atoms with Crippen LogP contribution in [-0.4, -0.2) is 28.0 Å². The third-order valence-electron chi connectivity index (χ3n) is 4.11. The molecule has 0 aliphatic carbocycles. The number of aromatic nitrogens is 2. The van der Waals surface area contributed by atoms with Crippen molar-refractivity contribution in [1.82, 2.24) is 14.9 Å². The zero-order valence-corrected chi connectivity index (χ0v) is 12.2. The van der Waals surface area contributed by atoms with Crippen molar-refractivity contribution in [1.29, 1.82) is 0 Å². The van der Waals surface area contributed by atoms with E-state index in [2.05, 4.69) is 41.1 Å². The van der Waals surface area contributed by atoms with Crippen LogP contribution in [0.25, 0.3) is 11.3 Å². The molecule has 1 fully saturated rings. The highest BCUT2D eigenvalue weighted by molar-refractivity contribution is 5.58. The Morgan fingerprint density at radius 3 is 2.90 bits per heavy atom. The zero-order valence-electron chi connectivity index (χ0n) is 12.2. The molecule has 1 aliphatic rings. The average Bonchev–Trinajstić information content (AvgIpc) is 2.99. The summed E-state index contributed by atoms with van der Waals surface area (Å²) in [5.74, 6) is 1.14. The van der Waals surface area contributed by atoms with Gasteiger partial charge in [0.15, 0.2) is 0 Å². The second-order valence-electron chi connectivity index (χ2n) is 5.58. The molecule has 0 radical (unpaired) electrons. The van der Waals surface area contributed by atoms with E-state index in [1.807, 2.05) is 12.3 Å². The summed E-state index contributed by atoms with van der Waals surface area (Å²) in [4.78, 5) is 10.8. The monoisotopic (exact) mass is 269 g/mol. The number of hydrogen-bond acceptors (Lipinski definition) is 2. The molecular formula is C17H23N3. The fourth-order valence-electron chi connectivity index (χ4n) is 3.12. The lowest BCUT2D eigenvalue weighted by atomic mass is 10.0. The fraction of sp³-hybridized carbons (Fsp3) is 0.471. The highest BCUT2D eigenvalue weighted by Crippen LogP contribution is 2.30. The highest BCUT2D eigenvalue weighted by atomic mass is 15.2. The number of H-pyrrole nitrogens is 1. The van der Waals surface area contributed by atoms with Gasteiger partial charge in [-0.05, 0) is 32.4 Å². The highest BCUT2D eigenvalue weighted by Gasteiger charge is 2.25. The quantitative estimate of drug-likeness (QED) is 0.909. The second kappa shape index (κ2) is 6.23. The van der Waals surface area contributed by atoms with Crippen LogP contribution in [0.4, 0.5) is 0 Å². The number of rotatable bonds is 4. The van der Waals surface area contributed by atoms with E-state index in [9.17, 15) is 0 Å². The number of nitrogens with one attached hydrogen (secondary N) is 1. The Labute approximate surface area is 121 Å². The maximum absolute atomic E-state index is 4.84. The van der Waals surface area contributed by atoms with E-state index >= 15 is 0 Å². The second-order valence-corrected chi connectivity index (χ2v) is 5.58. The minimum absolute atomic E-state index is 0.473. The number of likely N-dealkylation sites (tertiary alicyclic amines) is 1. The van der Waals surface area contributed by atoms with E-state index in [-0.39, 0.29) is 0 Å². The van der Waals surface area contributed by atoms with Gasteiger partial charge in [0, 0.05) is 11.8 Å². The Bertz CT molecular complexity index is 530. The van der Waals surface area contributed by atoms with Crippen molar-refractivity contribution < 1.29 is 0 Å². The van der Waals surface area contributed by atoms with Crippen molar-refractivity contribution in [2.24, 2.45) is 0 Å². The van der Waals surface area contributed by atoms with E-state index in [0.717, 1.165) is 11.5 Å². The third kappa shape index (κ3) is 2.78. The molecule has 20 heavy (non-hydrogen) atoms. The van der Waals surface area contributed by atoms with Crippen LogP contribution >= 0.6 is 0 Å². The number of hydrogen-bond donors (Lipinski definition) is 1. The van der Waals surface area contributed by atoms with Crippen LogP contribution in [0.2, 0.25) is 0 Å². The van der Waals surface area contributed by atoms with Crippen molar-refractivity contribution in [2.45, 2.75) is 38.6 Å². The van der Waals surface area contributed by atoms with Gasteiger partial charge in [0.1, 0.15) is 5.82 Å². The summed E-state index contributed by atoms with van der Waals surface area (Å²) in [6.45, 7) is 4.63. The predicted molar refractivity (Wildman–Crippen MR) is 82.5 cm³/mol. The SMILES string of the molecule is CCCN1CCCCC1c1nc(-c2ccccc2)c[nH]1. The summed E-state index contributed by atoms with van der Waals surface area (Å²) in [6, 6.07) is 10.9. The lowest BCUT2D eigenvalue weighted by Gasteiger charge is -2.34. The van der Waals surface area contributed by atoms with E-state index in [4.69, 9.17) is 4.98 Å². The number of piperidine rings is 1. The minimum atomic E-state index is 0.473. The Morgan fingerprint density at radius 2 is 2.10 bits per heavy atom. The molecule has 1 N–H and O–H groups in total. The number of imidazole rings is 1. The molecule has 0 bridgehead atoms. The summed E-state index contributed by atoms with van der Waals surface area (Å²) in [5, 5.41) is 0. The summed E-state index contributed by atoms with van der Waals surface area (Å²) in [6.07, 6.45) is 7.11. The molecular weight excluding hydrogens is 246 g/mol. The Kier molecular flexibility index (Phi) is 4.16. The van der Waals surface area contributed by atoms with Gasteiger partial charge in [0.05, 0.1) is 11.7 Å². The summed E-state index contributed by atoms with van der Waals surface area (Å²) in [5.41, 5.74) is 2.25. The Morgan fingerprint density at radius 1 is 1.25 bits per heavy atom. The molecule has 0 spiro atoms. The molecule has 1 unspecified atom stereocenters. The lowest BCUT2D eigenvalue weighted by Crippen LogP contribution is -2.34. The smallest absolute Gasteiger partial charge is 0.124 e. The summed E-state index contributed by atoms with van der Waals surface area (Å²) in [7, 11) is 0. The molecule has 106 valence electrons. The maximum atomic E-state index is 4.84. The minimum Gasteiger partial charge on any atom is -0.347 e. The van der Waals surface area contributed by atoms with Crippen LogP contribution in [0, 0.1) is 0 Å². The van der Waals surface area contributed by atoms with Gasteiger partial charge in [-0.25, -0.2) is 4.98 Å². The van der Waals surface area contributed by atoms with Crippen LogP contribution in [-0.2, 0) is 0 Å². The van der Waals surface area contributed by atoms with Gasteiger partial charge in [0.25, 0.3) is 0 Å². The molecule has 0 saturated carbocycles. The van der Waals surface area contributed by atoms with Crippen LogP contribution < -0.4 is 0 Å². The third-order valence-corrected chi connectivity index (χ3v) is 4.11. The Hall–Kier alpha value is -1.61. The zero-order chi connectivity index (χ0) is 13.8. The van der Waals surface area contributed by atoms with Crippen molar-refractivity contribution in [3.05, 3.63) is 42.4 Å². The molecule has 1 aliphatic heterocycles. The van der Waals surface area contributed by atoms with Gasteiger partial charge >= 0.3 is 0 Å². The molecule has 3 heteroatoms. The molecule has 3 rings (SSSR count). The predicted octanol–water partition coefficient (Wildman–Crippen LogP) is 4.01. The molecule has 1 atom stereocenters. The molecule has 2 heterocycles. The maximum Gasteiger partial charge on any atom is 0.124 e. The molecule has 1 saturated heterocycles. The van der Waals surface area contributed by atoms with Gasteiger partial charge in [0.2, 0.25) is 0 Å². The van der Waals surface area contributed by atoms with Crippen LogP contribution in [0.3, 0.4) is 0 Å². The molecule has 2 aromatic rings. The number of benzene rings is 1. The van der Waals surface area contributed by atoms with Gasteiger partial charge in [-0.3, -0.25) is 4.90 Å². The normalized spacial score (nSPS) is 20.1. The number of aromatic amines is 1. The van der Waals surface area contributed by atoms with Crippen LogP contribution in [0.5, 0.6) is 0 Å². The Balaban J connectivity index is 1.81. The van der Waals surface area contributed by atoms with Gasteiger partial charge in [-0.2, -0.15) is 0 Å². The first-order chi connectivity index (χ1) is 9.88. The van der Waals surface area contributed by atoms with Crippen LogP contribution in [0.15, 0.2) is 36.5 Å². The average molecular weight is 269 g/mol. The molecule has 1 aromatic carbocycles. The molecule has 1 aromatic heterocycles. The topological polar surface area (TPSA) is 31.9 Å². The summed E-state index contributed by atoms with van der Waals surface area (Å²) >= 11 is 0. The first kappa shape index (κ1) is 13.4. The number of nitrogens with zero attached hydrogens (tertiary/aromatic N) is 2. The van der Waals surface area contributed by atoms with Gasteiger partial charge in [-0.1, -0.05) is 43.7 Å². The van der Waals surface area contributed by atoms with E-state index in [1.165, 1.54) is 44.3 Å². The van der Waals surface area contributed by atoms with Crippen molar-refractivity contribution in [3.63, 3.8) is 0 Å². The first-order valence-corrected chi connectivity index (χ1v) is 7.73. The van der Waals surface area contributed by atoms with Crippen molar-refractivity contribution in [2.75, 3.05) is 13.1 Å². The molecule has 3 nitrogen and oxygen atoms in total. The van der Waals surface area contributed by atoms with Gasteiger partial charge in [-0.15, -0.1) is 0 Å². The summed E-state index contributed by atoms with van der Waals surface area (Å²) < 4.78 is 0. The van der Waals surface area contributed by atoms with E-state index in [1.54, 1.807) is 0 Å². The van der Waals surface area contributed by atoms with Crippen LogP contribution in [0.1, 0.15) is 44.5 Å². The molecule has 0 amide bonds. The van der Waals surface area contributed by atoms with Crippen molar-refractivity contribution >= 4 is 0 Å². The largest absolute Gasteiger partial charge is 0.347 e. The fourth-order valence-corrected chi connectivity index (χ4v) is 3.12. The lowest BCUT2D eigenvalue weighted by molar-refractivity contribution is 0.143. The van der Waals surface area contributed by atoms with E-state index < -0.39 is 0 Å². The van der Waals surface area contributed by atoms with Crippen molar-refractivity contribution in [3.8, 4) is 11.3 Å². The first-order valence-electron chi connectivity index (χ1n) is 7.73. The van der Waals surface area contributed by atoms with Gasteiger partial charge < -0.3 is 4.98 Å².